The molecular formula is C14H23ClN2O2S. The standard InChI is InChI=1S/C14H22N2O2S.ClH/c1-12(15)14-8-5-9-16(10-14)19(17,18)11-13-6-3-2-4-7-13;/h2-4,6-7,12,14H,5,8-11,15H2,1H3;1H. The fourth-order valence-corrected chi connectivity index (χ4v) is 4.15. The van der Waals surface area contributed by atoms with E-state index in [9.17, 15) is 8.42 Å². The highest BCUT2D eigenvalue weighted by atomic mass is 35.5. The van der Waals surface area contributed by atoms with E-state index in [0.29, 0.717) is 13.1 Å². The Bertz CT molecular complexity index is 505. The van der Waals surface area contributed by atoms with Crippen molar-refractivity contribution in [1.29, 1.82) is 0 Å². The number of sulfonamides is 1. The van der Waals surface area contributed by atoms with E-state index in [0.717, 1.165) is 18.4 Å². The van der Waals surface area contributed by atoms with Crippen molar-refractivity contribution < 1.29 is 8.42 Å². The molecule has 0 spiro atoms. The number of hydrogen-bond donors (Lipinski definition) is 1. The molecule has 1 fully saturated rings. The van der Waals surface area contributed by atoms with Crippen molar-refractivity contribution in [3.8, 4) is 0 Å². The van der Waals surface area contributed by atoms with Gasteiger partial charge in [0.1, 0.15) is 0 Å². The molecule has 6 heteroatoms. The summed E-state index contributed by atoms with van der Waals surface area (Å²) in [6, 6.07) is 9.38. The first kappa shape index (κ1) is 17.4. The van der Waals surface area contributed by atoms with Gasteiger partial charge in [-0.25, -0.2) is 12.7 Å². The third-order valence-electron chi connectivity index (χ3n) is 3.75. The van der Waals surface area contributed by atoms with E-state index in [1.54, 1.807) is 4.31 Å². The lowest BCUT2D eigenvalue weighted by Crippen LogP contribution is -2.45. The maximum absolute atomic E-state index is 12.4. The average molecular weight is 319 g/mol. The van der Waals surface area contributed by atoms with Crippen LogP contribution < -0.4 is 5.73 Å². The number of benzene rings is 1. The highest BCUT2D eigenvalue weighted by Crippen LogP contribution is 2.22. The summed E-state index contributed by atoms with van der Waals surface area (Å²) in [4.78, 5) is 0. The predicted octanol–water partition coefficient (Wildman–Crippen LogP) is 2.00. The third-order valence-corrected chi connectivity index (χ3v) is 5.57. The Morgan fingerprint density at radius 3 is 2.60 bits per heavy atom. The highest BCUT2D eigenvalue weighted by molar-refractivity contribution is 7.88. The first-order valence-corrected chi connectivity index (χ1v) is 8.37. The highest BCUT2D eigenvalue weighted by Gasteiger charge is 2.30. The Hall–Kier alpha value is -0.620. The molecule has 1 aromatic rings. The zero-order chi connectivity index (χ0) is 13.9. The number of nitrogens with zero attached hydrogens (tertiary/aromatic N) is 1. The van der Waals surface area contributed by atoms with E-state index in [-0.39, 0.29) is 30.1 Å². The second-order valence-corrected chi connectivity index (χ2v) is 7.33. The summed E-state index contributed by atoms with van der Waals surface area (Å²) >= 11 is 0. The summed E-state index contributed by atoms with van der Waals surface area (Å²) in [5.41, 5.74) is 6.74. The van der Waals surface area contributed by atoms with Crippen molar-refractivity contribution in [1.82, 2.24) is 4.31 Å². The van der Waals surface area contributed by atoms with E-state index in [4.69, 9.17) is 5.73 Å². The molecule has 1 saturated heterocycles. The molecule has 0 aliphatic carbocycles. The summed E-state index contributed by atoms with van der Waals surface area (Å²) in [6.45, 7) is 3.14. The number of hydrogen-bond acceptors (Lipinski definition) is 3. The van der Waals surface area contributed by atoms with Gasteiger partial charge in [-0.1, -0.05) is 30.3 Å². The van der Waals surface area contributed by atoms with Gasteiger partial charge in [-0.2, -0.15) is 0 Å². The van der Waals surface area contributed by atoms with Crippen LogP contribution in [0.1, 0.15) is 25.3 Å². The normalized spacial score (nSPS) is 22.0. The van der Waals surface area contributed by atoms with E-state index in [1.165, 1.54) is 0 Å². The van der Waals surface area contributed by atoms with E-state index in [1.807, 2.05) is 37.3 Å². The molecule has 4 nitrogen and oxygen atoms in total. The molecule has 1 aliphatic rings. The van der Waals surface area contributed by atoms with Crippen LogP contribution in [0.5, 0.6) is 0 Å². The molecule has 0 amide bonds. The third kappa shape index (κ3) is 4.45. The summed E-state index contributed by atoms with van der Waals surface area (Å²) in [6.07, 6.45) is 1.93. The lowest BCUT2D eigenvalue weighted by atomic mass is 9.93. The monoisotopic (exact) mass is 318 g/mol. The smallest absolute Gasteiger partial charge is 0.218 e. The topological polar surface area (TPSA) is 63.4 Å². The largest absolute Gasteiger partial charge is 0.328 e. The zero-order valence-electron chi connectivity index (χ0n) is 11.7. The van der Waals surface area contributed by atoms with Gasteiger partial charge < -0.3 is 5.73 Å². The van der Waals surface area contributed by atoms with Gasteiger partial charge in [-0.3, -0.25) is 0 Å². The van der Waals surface area contributed by atoms with Gasteiger partial charge in [0, 0.05) is 19.1 Å². The molecule has 114 valence electrons. The molecule has 2 unspecified atom stereocenters. The summed E-state index contributed by atoms with van der Waals surface area (Å²) in [7, 11) is -3.23. The SMILES string of the molecule is CC(N)C1CCCN(S(=O)(=O)Cc2ccccc2)C1.Cl. The fraction of sp³-hybridized carbons (Fsp3) is 0.571. The Morgan fingerprint density at radius 1 is 1.35 bits per heavy atom. The number of nitrogens with two attached hydrogens (primary N) is 1. The van der Waals surface area contributed by atoms with Gasteiger partial charge in [0.25, 0.3) is 0 Å². The molecule has 0 aromatic heterocycles. The summed E-state index contributed by atoms with van der Waals surface area (Å²) in [5.74, 6) is 0.360. The van der Waals surface area contributed by atoms with Crippen LogP contribution in [0, 0.1) is 5.92 Å². The first-order valence-electron chi connectivity index (χ1n) is 6.76. The molecule has 2 N–H and O–H groups in total. The minimum Gasteiger partial charge on any atom is -0.328 e. The van der Waals surface area contributed by atoms with Gasteiger partial charge in [-0.15, -0.1) is 12.4 Å². The second kappa shape index (κ2) is 7.41. The van der Waals surface area contributed by atoms with Crippen LogP contribution in [0.25, 0.3) is 0 Å². The minimum atomic E-state index is -3.23. The molecule has 0 saturated carbocycles. The van der Waals surface area contributed by atoms with Crippen molar-refractivity contribution in [3.63, 3.8) is 0 Å². The molecule has 0 bridgehead atoms. The second-order valence-electron chi connectivity index (χ2n) is 5.36. The fourth-order valence-electron chi connectivity index (χ4n) is 2.53. The number of rotatable bonds is 4. The van der Waals surface area contributed by atoms with Crippen molar-refractivity contribution in [3.05, 3.63) is 35.9 Å². The Kier molecular flexibility index (Phi) is 6.45. The molecule has 1 heterocycles. The number of halogens is 1. The molecule has 1 aromatic carbocycles. The predicted molar refractivity (Wildman–Crippen MR) is 84.3 cm³/mol. The van der Waals surface area contributed by atoms with Gasteiger partial charge in [0.15, 0.2) is 0 Å². The van der Waals surface area contributed by atoms with Crippen molar-refractivity contribution in [2.24, 2.45) is 11.7 Å². The Balaban J connectivity index is 0.00000200. The molecule has 1 aliphatic heterocycles. The average Bonchev–Trinajstić information content (AvgIpc) is 2.39. The van der Waals surface area contributed by atoms with Crippen molar-refractivity contribution in [2.45, 2.75) is 31.6 Å². The quantitative estimate of drug-likeness (QED) is 0.923. The molecule has 20 heavy (non-hydrogen) atoms. The molecule has 2 rings (SSSR count). The van der Waals surface area contributed by atoms with Gasteiger partial charge in [-0.05, 0) is 31.2 Å². The van der Waals surface area contributed by atoms with Gasteiger partial charge in [0.05, 0.1) is 5.75 Å². The summed E-state index contributed by atoms with van der Waals surface area (Å²) in [5, 5.41) is 0. The molecular weight excluding hydrogens is 296 g/mol. The van der Waals surface area contributed by atoms with Gasteiger partial charge >= 0.3 is 0 Å². The van der Waals surface area contributed by atoms with Crippen LogP contribution in [0.2, 0.25) is 0 Å². The van der Waals surface area contributed by atoms with Crippen LogP contribution in [0.4, 0.5) is 0 Å². The van der Waals surface area contributed by atoms with Crippen LogP contribution in [-0.2, 0) is 15.8 Å². The maximum atomic E-state index is 12.4. The Labute approximate surface area is 127 Å². The number of piperidine rings is 1. The van der Waals surface area contributed by atoms with E-state index < -0.39 is 10.0 Å². The van der Waals surface area contributed by atoms with Crippen molar-refractivity contribution >= 4 is 22.4 Å². The van der Waals surface area contributed by atoms with E-state index in [2.05, 4.69) is 0 Å². The van der Waals surface area contributed by atoms with Crippen LogP contribution in [-0.4, -0.2) is 31.9 Å². The minimum absolute atomic E-state index is 0. The van der Waals surface area contributed by atoms with Gasteiger partial charge in [0.2, 0.25) is 10.0 Å². The molecule has 2 atom stereocenters. The van der Waals surface area contributed by atoms with E-state index >= 15 is 0 Å². The zero-order valence-corrected chi connectivity index (χ0v) is 13.4. The maximum Gasteiger partial charge on any atom is 0.218 e. The van der Waals surface area contributed by atoms with Crippen LogP contribution in [0.3, 0.4) is 0 Å². The Morgan fingerprint density at radius 2 is 2.00 bits per heavy atom. The first-order chi connectivity index (χ1) is 8.99. The lowest BCUT2D eigenvalue weighted by molar-refractivity contribution is 0.243. The summed E-state index contributed by atoms with van der Waals surface area (Å²) < 4.78 is 26.4. The van der Waals surface area contributed by atoms with Crippen molar-refractivity contribution in [2.75, 3.05) is 13.1 Å². The van der Waals surface area contributed by atoms with Crippen LogP contribution in [0.15, 0.2) is 30.3 Å². The molecule has 0 radical (unpaired) electrons. The lowest BCUT2D eigenvalue weighted by Gasteiger charge is -2.33. The van der Waals surface area contributed by atoms with Crippen LogP contribution >= 0.6 is 12.4 Å².